The largest absolute Gasteiger partial charge is 0.349 e. The van der Waals surface area contributed by atoms with E-state index in [9.17, 15) is 13.2 Å². The number of hydrogen-bond acceptors (Lipinski definition) is 4. The Morgan fingerprint density at radius 3 is 2.74 bits per heavy atom. The minimum absolute atomic E-state index is 0.198. The van der Waals surface area contributed by atoms with Crippen LogP contribution in [0.4, 0.5) is 5.69 Å². The SMILES string of the molecule is CN(c1cccc2cc(C(=O)N[NH])[nH]c12)S(=O)(=O)c1cccs1. The highest BCUT2D eigenvalue weighted by Crippen LogP contribution is 2.31. The number of rotatable bonds is 4. The van der Waals surface area contributed by atoms with Crippen LogP contribution >= 0.6 is 11.3 Å². The monoisotopic (exact) mass is 349 g/mol. The van der Waals surface area contributed by atoms with Crippen molar-refractivity contribution in [3.05, 3.63) is 47.5 Å². The van der Waals surface area contributed by atoms with Crippen molar-refractivity contribution in [2.75, 3.05) is 11.4 Å². The number of amides is 1. The number of nitrogens with zero attached hydrogens (tertiary/aromatic N) is 1. The number of sulfonamides is 1. The van der Waals surface area contributed by atoms with E-state index in [1.165, 1.54) is 11.4 Å². The molecule has 7 nitrogen and oxygen atoms in total. The summed E-state index contributed by atoms with van der Waals surface area (Å²) in [6.07, 6.45) is 0. The van der Waals surface area contributed by atoms with Crippen LogP contribution in [-0.4, -0.2) is 26.4 Å². The van der Waals surface area contributed by atoms with E-state index in [1.54, 1.807) is 47.2 Å². The Kier molecular flexibility index (Phi) is 3.84. The summed E-state index contributed by atoms with van der Waals surface area (Å²) in [6, 6.07) is 9.94. The van der Waals surface area contributed by atoms with Crippen molar-refractivity contribution in [2.45, 2.75) is 4.21 Å². The number of nitrogens with one attached hydrogen (secondary N) is 3. The fourth-order valence-electron chi connectivity index (χ4n) is 2.27. The van der Waals surface area contributed by atoms with E-state index in [4.69, 9.17) is 5.84 Å². The molecule has 23 heavy (non-hydrogen) atoms. The van der Waals surface area contributed by atoms with E-state index in [1.807, 2.05) is 0 Å². The molecule has 0 unspecified atom stereocenters. The van der Waals surface area contributed by atoms with Gasteiger partial charge in [-0.25, -0.2) is 8.42 Å². The summed E-state index contributed by atoms with van der Waals surface area (Å²) in [4.78, 5) is 14.5. The van der Waals surface area contributed by atoms with Crippen LogP contribution in [0.25, 0.3) is 10.9 Å². The lowest BCUT2D eigenvalue weighted by molar-refractivity contribution is 0.0946. The first-order valence-corrected chi connectivity index (χ1v) is 8.88. The number of benzene rings is 1. The molecule has 3 aromatic rings. The van der Waals surface area contributed by atoms with Gasteiger partial charge in [-0.3, -0.25) is 14.5 Å². The molecule has 119 valence electrons. The van der Waals surface area contributed by atoms with Crippen molar-refractivity contribution in [3.8, 4) is 0 Å². The number of thiophene rings is 1. The van der Waals surface area contributed by atoms with Crippen molar-refractivity contribution in [3.63, 3.8) is 0 Å². The second kappa shape index (κ2) is 5.69. The molecule has 1 aromatic carbocycles. The number of carbonyl (C=O) groups excluding carboxylic acids is 1. The Morgan fingerprint density at radius 2 is 2.09 bits per heavy atom. The molecule has 1 radical (unpaired) electrons. The molecule has 9 heteroatoms. The molecule has 0 aliphatic heterocycles. The topological polar surface area (TPSA) is 106 Å². The van der Waals surface area contributed by atoms with Gasteiger partial charge in [0.25, 0.3) is 15.9 Å². The summed E-state index contributed by atoms with van der Waals surface area (Å²) in [7, 11) is -2.20. The minimum Gasteiger partial charge on any atom is -0.349 e. The first-order chi connectivity index (χ1) is 10.9. The third kappa shape index (κ3) is 2.58. The molecule has 3 rings (SSSR count). The summed E-state index contributed by atoms with van der Waals surface area (Å²) in [5.74, 6) is 6.34. The fraction of sp³-hybridized carbons (Fsp3) is 0.0714. The van der Waals surface area contributed by atoms with Gasteiger partial charge in [0.1, 0.15) is 9.90 Å². The minimum atomic E-state index is -3.66. The van der Waals surface area contributed by atoms with Gasteiger partial charge in [0.15, 0.2) is 0 Å². The summed E-state index contributed by atoms with van der Waals surface area (Å²) in [5, 5.41) is 2.39. The molecule has 1 amide bonds. The van der Waals surface area contributed by atoms with Gasteiger partial charge in [-0.15, -0.1) is 11.3 Å². The number of anilines is 1. The maximum absolute atomic E-state index is 12.6. The summed E-state index contributed by atoms with van der Waals surface area (Å²) in [5.41, 5.74) is 2.94. The summed E-state index contributed by atoms with van der Waals surface area (Å²) >= 11 is 1.14. The quantitative estimate of drug-likeness (QED) is 0.703. The molecular weight excluding hydrogens is 336 g/mol. The molecule has 0 fully saturated rings. The average molecular weight is 349 g/mol. The molecule has 0 bridgehead atoms. The molecule has 0 saturated carbocycles. The first-order valence-electron chi connectivity index (χ1n) is 6.56. The van der Waals surface area contributed by atoms with Crippen LogP contribution in [0.5, 0.6) is 0 Å². The second-order valence-corrected chi connectivity index (χ2v) is 7.93. The average Bonchev–Trinajstić information content (AvgIpc) is 3.21. The summed E-state index contributed by atoms with van der Waals surface area (Å²) in [6.45, 7) is 0. The Balaban J connectivity index is 2.13. The number of para-hydroxylation sites is 1. The molecule has 0 aliphatic rings. The van der Waals surface area contributed by atoms with Crippen LogP contribution in [-0.2, 0) is 10.0 Å². The third-order valence-electron chi connectivity index (χ3n) is 3.44. The Morgan fingerprint density at radius 1 is 1.30 bits per heavy atom. The van der Waals surface area contributed by atoms with Gasteiger partial charge in [0.2, 0.25) is 0 Å². The van der Waals surface area contributed by atoms with E-state index < -0.39 is 15.9 Å². The van der Waals surface area contributed by atoms with Crippen LogP contribution in [0.3, 0.4) is 0 Å². The van der Waals surface area contributed by atoms with Crippen LogP contribution in [0.2, 0.25) is 0 Å². The number of aromatic nitrogens is 1. The van der Waals surface area contributed by atoms with Gasteiger partial charge in [0, 0.05) is 12.4 Å². The molecule has 0 atom stereocenters. The van der Waals surface area contributed by atoms with Crippen molar-refractivity contribution in [1.29, 1.82) is 0 Å². The van der Waals surface area contributed by atoms with Crippen LogP contribution in [0, 0.1) is 0 Å². The van der Waals surface area contributed by atoms with Crippen molar-refractivity contribution >= 4 is 43.9 Å². The molecular formula is C14H13N4O3S2. The molecule has 2 heterocycles. The normalized spacial score (nSPS) is 11.6. The van der Waals surface area contributed by atoms with E-state index in [0.717, 1.165) is 11.3 Å². The number of hydrogen-bond donors (Lipinski definition) is 2. The van der Waals surface area contributed by atoms with E-state index in [-0.39, 0.29) is 9.90 Å². The van der Waals surface area contributed by atoms with Crippen molar-refractivity contribution in [2.24, 2.45) is 0 Å². The zero-order valence-corrected chi connectivity index (χ0v) is 13.7. The van der Waals surface area contributed by atoms with Gasteiger partial charge in [0.05, 0.1) is 11.2 Å². The van der Waals surface area contributed by atoms with Gasteiger partial charge >= 0.3 is 0 Å². The lowest BCUT2D eigenvalue weighted by Gasteiger charge is -2.19. The standard InChI is InChI=1S/C14H13N4O3S2/c1-18(23(20,21)12-6-3-7-22-12)11-5-2-4-9-8-10(14(19)17-15)16-13(9)11/h2-8,15-16H,1H3,(H,17,19). The van der Waals surface area contributed by atoms with Gasteiger partial charge in [-0.1, -0.05) is 18.2 Å². The van der Waals surface area contributed by atoms with Gasteiger partial charge in [-0.05, 0) is 23.6 Å². The van der Waals surface area contributed by atoms with Crippen LogP contribution < -0.4 is 15.6 Å². The van der Waals surface area contributed by atoms with Crippen molar-refractivity contribution < 1.29 is 13.2 Å². The number of H-pyrrole nitrogens is 1. The van der Waals surface area contributed by atoms with Crippen LogP contribution in [0.15, 0.2) is 46.0 Å². The fourth-order valence-corrected chi connectivity index (χ4v) is 4.64. The van der Waals surface area contributed by atoms with E-state index in [0.29, 0.717) is 16.6 Å². The molecule has 2 aromatic heterocycles. The molecule has 3 N–H and O–H groups in total. The maximum Gasteiger partial charge on any atom is 0.282 e. The molecule has 0 spiro atoms. The zero-order valence-electron chi connectivity index (χ0n) is 12.0. The lowest BCUT2D eigenvalue weighted by Crippen LogP contribution is -2.26. The van der Waals surface area contributed by atoms with E-state index in [2.05, 4.69) is 4.98 Å². The molecule has 0 aliphatic carbocycles. The second-order valence-electron chi connectivity index (χ2n) is 4.78. The van der Waals surface area contributed by atoms with E-state index >= 15 is 0 Å². The first kappa shape index (κ1) is 15.5. The number of fused-ring (bicyclic) bond motifs is 1. The Hall–Kier alpha value is -2.36. The predicted molar refractivity (Wildman–Crippen MR) is 88.8 cm³/mol. The smallest absolute Gasteiger partial charge is 0.282 e. The highest BCUT2D eigenvalue weighted by Gasteiger charge is 2.24. The number of carbonyl (C=O) groups is 1. The zero-order chi connectivity index (χ0) is 16.6. The number of aromatic amines is 1. The Labute approximate surface area is 136 Å². The van der Waals surface area contributed by atoms with Gasteiger partial charge < -0.3 is 4.98 Å². The lowest BCUT2D eigenvalue weighted by atomic mass is 10.2. The third-order valence-corrected chi connectivity index (χ3v) is 6.59. The van der Waals surface area contributed by atoms with Crippen LogP contribution in [0.1, 0.15) is 10.5 Å². The Bertz CT molecular complexity index is 961. The maximum atomic E-state index is 12.6. The van der Waals surface area contributed by atoms with Crippen molar-refractivity contribution in [1.82, 2.24) is 16.3 Å². The highest BCUT2D eigenvalue weighted by molar-refractivity contribution is 7.94. The van der Waals surface area contributed by atoms with Gasteiger partial charge in [-0.2, -0.15) is 5.84 Å². The summed E-state index contributed by atoms with van der Waals surface area (Å²) < 4.78 is 26.7. The predicted octanol–water partition coefficient (Wildman–Crippen LogP) is 1.98. The molecule has 0 saturated heterocycles. The highest BCUT2D eigenvalue weighted by atomic mass is 32.2.